The summed E-state index contributed by atoms with van der Waals surface area (Å²) in [5.41, 5.74) is -1.28. The van der Waals surface area contributed by atoms with Gasteiger partial charge in [-0.05, 0) is 62.1 Å². The minimum Gasteiger partial charge on any atom is -0.465 e. The molecule has 0 bridgehead atoms. The molecule has 1 aromatic carbocycles. The highest BCUT2D eigenvalue weighted by molar-refractivity contribution is 7.93. The summed E-state index contributed by atoms with van der Waals surface area (Å²) in [6.45, 7) is 1.41. The van der Waals surface area contributed by atoms with E-state index >= 15 is 0 Å². The summed E-state index contributed by atoms with van der Waals surface area (Å²) in [6, 6.07) is 8.30. The molecule has 2 heterocycles. The van der Waals surface area contributed by atoms with Crippen molar-refractivity contribution >= 4 is 33.7 Å². The number of pyridine rings is 1. The van der Waals surface area contributed by atoms with E-state index in [4.69, 9.17) is 5.26 Å². The highest BCUT2D eigenvalue weighted by Gasteiger charge is 2.59. The van der Waals surface area contributed by atoms with Crippen LogP contribution in [0.4, 0.5) is 13.6 Å². The number of hydrogen-bond donors (Lipinski definition) is 2. The van der Waals surface area contributed by atoms with Crippen molar-refractivity contribution in [3.63, 3.8) is 0 Å². The Kier molecular flexibility index (Phi) is 5.73. The first-order valence-electron chi connectivity index (χ1n) is 10.4. The zero-order valence-corrected chi connectivity index (χ0v) is 18.9. The number of rotatable bonds is 3. The summed E-state index contributed by atoms with van der Waals surface area (Å²) in [4.78, 5) is 19.6. The fourth-order valence-corrected chi connectivity index (χ4v) is 6.87. The Morgan fingerprint density at radius 2 is 2.03 bits per heavy atom. The van der Waals surface area contributed by atoms with Crippen molar-refractivity contribution < 1.29 is 27.1 Å². The highest BCUT2D eigenvalue weighted by Crippen LogP contribution is 2.47. The van der Waals surface area contributed by atoms with Gasteiger partial charge in [0.1, 0.15) is 33.8 Å². The van der Waals surface area contributed by atoms with Gasteiger partial charge in [0.15, 0.2) is 9.84 Å². The molecule has 176 valence electrons. The molecule has 1 amide bonds. The molecule has 11 heteroatoms. The fourth-order valence-electron chi connectivity index (χ4n) is 4.33. The van der Waals surface area contributed by atoms with Gasteiger partial charge in [0.05, 0.1) is 17.0 Å². The number of nitrogens with zero attached hydrogens (tertiary/aromatic N) is 3. The fraction of sp³-hybridized carbons (Fsp3) is 0.304. The van der Waals surface area contributed by atoms with E-state index in [1.54, 1.807) is 0 Å². The summed E-state index contributed by atoms with van der Waals surface area (Å²) in [7, 11) is -3.89. The molecule has 2 aliphatic rings. The van der Waals surface area contributed by atoms with Gasteiger partial charge in [0, 0.05) is 11.8 Å². The second-order valence-electron chi connectivity index (χ2n) is 8.55. The number of aliphatic imine (C=N–C) groups is 1. The largest absolute Gasteiger partial charge is 0.465 e. The van der Waals surface area contributed by atoms with Gasteiger partial charge >= 0.3 is 6.09 Å². The summed E-state index contributed by atoms with van der Waals surface area (Å²) < 4.78 is 54.7. The van der Waals surface area contributed by atoms with Crippen LogP contribution in [0.2, 0.25) is 0 Å². The normalized spacial score (nSPS) is 22.9. The van der Waals surface area contributed by atoms with Crippen LogP contribution in [0.1, 0.15) is 48.6 Å². The first-order valence-corrected chi connectivity index (χ1v) is 12.0. The molecule has 1 fully saturated rings. The number of amides is 1. The Morgan fingerprint density at radius 1 is 1.29 bits per heavy atom. The number of carboxylic acid groups (broad SMARTS) is 1. The molecule has 0 saturated heterocycles. The monoisotopic (exact) mass is 486 g/mol. The molecule has 1 aliphatic heterocycles. The van der Waals surface area contributed by atoms with E-state index in [1.165, 1.54) is 37.4 Å². The second-order valence-corrected chi connectivity index (χ2v) is 10.8. The predicted molar refractivity (Wildman–Crippen MR) is 121 cm³/mol. The number of halogens is 2. The zero-order chi connectivity index (χ0) is 24.7. The van der Waals surface area contributed by atoms with Gasteiger partial charge in [-0.2, -0.15) is 5.26 Å². The molecule has 1 aliphatic carbocycles. The lowest BCUT2D eigenvalue weighted by molar-refractivity contribution is 0.199. The van der Waals surface area contributed by atoms with Crippen LogP contribution in [-0.4, -0.2) is 40.9 Å². The molecule has 4 rings (SSSR count). The zero-order valence-electron chi connectivity index (χ0n) is 18.0. The van der Waals surface area contributed by atoms with Crippen LogP contribution < -0.4 is 5.32 Å². The lowest BCUT2D eigenvalue weighted by Gasteiger charge is -2.47. The molecule has 2 N–H and O–H groups in total. The second kappa shape index (κ2) is 8.29. The van der Waals surface area contributed by atoms with Gasteiger partial charge in [-0.15, -0.1) is 0 Å². The van der Waals surface area contributed by atoms with Crippen molar-refractivity contribution in [2.75, 3.05) is 5.75 Å². The van der Waals surface area contributed by atoms with Gasteiger partial charge in [-0.3, -0.25) is 15.3 Å². The van der Waals surface area contributed by atoms with E-state index in [0.717, 1.165) is 12.1 Å². The average molecular weight is 487 g/mol. The van der Waals surface area contributed by atoms with Crippen molar-refractivity contribution in [3.05, 3.63) is 64.7 Å². The van der Waals surface area contributed by atoms with Crippen molar-refractivity contribution in [2.45, 2.75) is 36.5 Å². The molecule has 1 unspecified atom stereocenters. The molecule has 1 spiro atoms. The predicted octanol–water partition coefficient (Wildman–Crippen LogP) is 3.79. The van der Waals surface area contributed by atoms with Crippen LogP contribution in [0.15, 0.2) is 41.5 Å². The van der Waals surface area contributed by atoms with Crippen molar-refractivity contribution in [1.29, 1.82) is 5.26 Å². The number of benzene rings is 1. The average Bonchev–Trinajstić information content (AvgIpc) is 2.72. The SMILES string of the molecule is CC1(c2cc(C=C(F)c3ccc(C#N)cn3)ccc2F)CS(=O)(=O)C2(CCC2)C(NC(=O)O)=N1. The van der Waals surface area contributed by atoms with Crippen molar-refractivity contribution in [1.82, 2.24) is 10.3 Å². The third-order valence-corrected chi connectivity index (χ3v) is 8.98. The molecular weight excluding hydrogens is 466 g/mol. The molecule has 1 atom stereocenters. The summed E-state index contributed by atoms with van der Waals surface area (Å²) in [6.07, 6.45) is 1.93. The van der Waals surface area contributed by atoms with Crippen molar-refractivity contribution in [3.8, 4) is 6.07 Å². The molecule has 34 heavy (non-hydrogen) atoms. The Morgan fingerprint density at radius 3 is 2.59 bits per heavy atom. The van der Waals surface area contributed by atoms with Crippen LogP contribution >= 0.6 is 0 Å². The molecule has 1 aromatic heterocycles. The van der Waals surface area contributed by atoms with E-state index in [0.29, 0.717) is 6.42 Å². The maximum absolute atomic E-state index is 14.9. The number of nitriles is 1. The van der Waals surface area contributed by atoms with Crippen LogP contribution in [0.3, 0.4) is 0 Å². The van der Waals surface area contributed by atoms with Gasteiger partial charge < -0.3 is 5.11 Å². The lowest BCUT2D eigenvalue weighted by atomic mass is 9.81. The topological polar surface area (TPSA) is 133 Å². The molecule has 2 aromatic rings. The maximum atomic E-state index is 14.9. The first kappa shape index (κ1) is 23.5. The van der Waals surface area contributed by atoms with Gasteiger partial charge in [-0.1, -0.05) is 6.07 Å². The lowest BCUT2D eigenvalue weighted by Crippen LogP contribution is -2.63. The Bertz CT molecular complexity index is 1380. The van der Waals surface area contributed by atoms with E-state index < -0.39 is 43.6 Å². The quantitative estimate of drug-likeness (QED) is 0.678. The van der Waals surface area contributed by atoms with E-state index in [9.17, 15) is 27.1 Å². The summed E-state index contributed by atoms with van der Waals surface area (Å²) in [5, 5.41) is 20.2. The molecule has 8 nitrogen and oxygen atoms in total. The van der Waals surface area contributed by atoms with Crippen molar-refractivity contribution in [2.24, 2.45) is 4.99 Å². The number of amidine groups is 1. The third-order valence-electron chi connectivity index (χ3n) is 6.24. The number of nitrogens with one attached hydrogen (secondary N) is 1. The van der Waals surface area contributed by atoms with Gasteiger partial charge in [0.25, 0.3) is 0 Å². The molecular formula is C23H20F2N4O4S. The minimum absolute atomic E-state index is 0.0331. The minimum atomic E-state index is -3.89. The van der Waals surface area contributed by atoms with E-state index in [1.807, 2.05) is 6.07 Å². The summed E-state index contributed by atoms with van der Waals surface area (Å²) in [5.74, 6) is -2.23. The first-order chi connectivity index (χ1) is 16.0. The Hall–Kier alpha value is -3.65. The highest BCUT2D eigenvalue weighted by atomic mass is 32.2. The van der Waals surface area contributed by atoms with Crippen LogP contribution in [0.5, 0.6) is 0 Å². The number of aromatic nitrogens is 1. The smallest absolute Gasteiger partial charge is 0.410 e. The molecule has 1 saturated carbocycles. The van der Waals surface area contributed by atoms with E-state index in [-0.39, 0.29) is 41.1 Å². The molecule has 0 radical (unpaired) electrons. The van der Waals surface area contributed by atoms with Crippen LogP contribution in [0.25, 0.3) is 11.9 Å². The number of carbonyl (C=O) groups is 1. The third kappa shape index (κ3) is 3.94. The maximum Gasteiger partial charge on any atom is 0.410 e. The number of sulfone groups is 1. The Balaban J connectivity index is 1.78. The van der Waals surface area contributed by atoms with Crippen LogP contribution in [0, 0.1) is 17.1 Å². The van der Waals surface area contributed by atoms with Gasteiger partial charge in [-0.25, -0.2) is 22.0 Å². The number of hydrogen-bond acceptors (Lipinski definition) is 6. The summed E-state index contributed by atoms with van der Waals surface area (Å²) >= 11 is 0. The van der Waals surface area contributed by atoms with Crippen LogP contribution in [-0.2, 0) is 15.4 Å². The Labute approximate surface area is 194 Å². The van der Waals surface area contributed by atoms with E-state index in [2.05, 4.69) is 15.3 Å². The standard InChI is InChI=1S/C23H20F2N4O4S/c1-22(13-34(32,33)23(7-2-8-23)20(29-22)28-21(30)31)16-9-14(3-5-17(16)24)10-18(25)19-6-4-15(11-26)12-27-19/h3-6,9-10,12H,2,7-8,13H2,1H3,(H,28,29)(H,30,31). The van der Waals surface area contributed by atoms with Gasteiger partial charge in [0.2, 0.25) is 0 Å².